The molecule has 0 unspecified atom stereocenters. The van der Waals surface area contributed by atoms with E-state index >= 15 is 0 Å². The molecule has 7 heteroatoms. The van der Waals surface area contributed by atoms with Gasteiger partial charge in [-0.1, -0.05) is 29.3 Å². The third-order valence-electron chi connectivity index (χ3n) is 4.49. The molecular formula is C22H17Cl2N3O2. The Labute approximate surface area is 177 Å². The lowest BCUT2D eigenvalue weighted by atomic mass is 10.1. The van der Waals surface area contributed by atoms with Gasteiger partial charge < -0.3 is 10.1 Å². The van der Waals surface area contributed by atoms with Crippen LogP contribution in [0.15, 0.2) is 60.8 Å². The van der Waals surface area contributed by atoms with Crippen molar-refractivity contribution in [2.75, 3.05) is 12.4 Å². The van der Waals surface area contributed by atoms with Crippen molar-refractivity contribution in [3.05, 3.63) is 82.0 Å². The zero-order chi connectivity index (χ0) is 20.5. The van der Waals surface area contributed by atoms with E-state index in [1.54, 1.807) is 25.3 Å². The van der Waals surface area contributed by atoms with Gasteiger partial charge in [-0.3, -0.25) is 9.20 Å². The second-order valence-corrected chi connectivity index (χ2v) is 7.46. The van der Waals surface area contributed by atoms with E-state index in [9.17, 15) is 4.79 Å². The first-order valence-electron chi connectivity index (χ1n) is 8.85. The highest BCUT2D eigenvalue weighted by Gasteiger charge is 2.18. The van der Waals surface area contributed by atoms with Crippen molar-refractivity contribution in [2.24, 2.45) is 0 Å². The van der Waals surface area contributed by atoms with Crippen molar-refractivity contribution in [2.45, 2.75) is 6.92 Å². The van der Waals surface area contributed by atoms with Crippen LogP contribution in [0.1, 0.15) is 15.9 Å². The van der Waals surface area contributed by atoms with E-state index in [0.29, 0.717) is 27.1 Å². The molecule has 0 saturated carbocycles. The Morgan fingerprint density at radius 1 is 1.03 bits per heavy atom. The number of nitrogens with one attached hydrogen (secondary N) is 1. The van der Waals surface area contributed by atoms with E-state index in [1.807, 2.05) is 53.9 Å². The van der Waals surface area contributed by atoms with Crippen molar-refractivity contribution >= 4 is 40.6 Å². The molecule has 0 fully saturated rings. The van der Waals surface area contributed by atoms with E-state index in [-0.39, 0.29) is 5.91 Å². The van der Waals surface area contributed by atoms with E-state index in [2.05, 4.69) is 5.32 Å². The van der Waals surface area contributed by atoms with Gasteiger partial charge in [-0.15, -0.1) is 0 Å². The van der Waals surface area contributed by atoms with Crippen LogP contribution in [0.4, 0.5) is 5.82 Å². The lowest BCUT2D eigenvalue weighted by molar-refractivity contribution is 0.102. The molecule has 1 amide bonds. The first-order valence-corrected chi connectivity index (χ1v) is 9.61. The van der Waals surface area contributed by atoms with Gasteiger partial charge in [-0.25, -0.2) is 4.98 Å². The maximum absolute atomic E-state index is 12.9. The fourth-order valence-electron chi connectivity index (χ4n) is 3.09. The smallest absolute Gasteiger partial charge is 0.256 e. The summed E-state index contributed by atoms with van der Waals surface area (Å²) in [5.74, 6) is 0.981. The molecule has 0 aliphatic heterocycles. The van der Waals surface area contributed by atoms with Gasteiger partial charge in [0.15, 0.2) is 0 Å². The number of pyridine rings is 1. The third kappa shape index (κ3) is 3.92. The number of rotatable bonds is 4. The first-order chi connectivity index (χ1) is 13.9. The maximum atomic E-state index is 12.9. The van der Waals surface area contributed by atoms with Crippen LogP contribution in [-0.2, 0) is 0 Å². The molecule has 29 heavy (non-hydrogen) atoms. The minimum absolute atomic E-state index is 0.326. The Balaban J connectivity index is 1.82. The summed E-state index contributed by atoms with van der Waals surface area (Å²) in [7, 11) is 1.62. The molecule has 0 aliphatic carbocycles. The number of carbonyl (C=O) groups excluding carboxylic acids is 1. The molecular weight excluding hydrogens is 409 g/mol. The largest absolute Gasteiger partial charge is 0.497 e. The molecule has 0 aliphatic rings. The third-order valence-corrected chi connectivity index (χ3v) is 4.92. The molecule has 4 aromatic rings. The Morgan fingerprint density at radius 3 is 2.38 bits per heavy atom. The number of fused-ring (bicyclic) bond motifs is 1. The van der Waals surface area contributed by atoms with Crippen LogP contribution in [0.2, 0.25) is 10.0 Å². The second-order valence-electron chi connectivity index (χ2n) is 6.58. The molecule has 5 nitrogen and oxygen atoms in total. The summed E-state index contributed by atoms with van der Waals surface area (Å²) in [6, 6.07) is 16.1. The Morgan fingerprint density at radius 2 is 1.72 bits per heavy atom. The predicted molar refractivity (Wildman–Crippen MR) is 116 cm³/mol. The van der Waals surface area contributed by atoms with Gasteiger partial charge >= 0.3 is 0 Å². The molecule has 0 atom stereocenters. The standard InChI is InChI=1S/C22H17Cl2N3O2/c1-13-3-8-19-25-20(14-4-6-18(29-2)7-5-14)21(27(19)12-13)26-22(28)15-9-16(23)11-17(24)10-15/h3-12H,1-2H3,(H,26,28). The molecule has 4 rings (SSSR count). The number of methoxy groups -OCH3 is 1. The summed E-state index contributed by atoms with van der Waals surface area (Å²) in [6.45, 7) is 1.98. The number of carbonyl (C=O) groups is 1. The van der Waals surface area contributed by atoms with Crippen LogP contribution in [0.3, 0.4) is 0 Å². The van der Waals surface area contributed by atoms with E-state index in [1.165, 1.54) is 0 Å². The zero-order valence-electron chi connectivity index (χ0n) is 15.7. The average Bonchev–Trinajstić information content (AvgIpc) is 3.05. The van der Waals surface area contributed by atoms with Crippen molar-refractivity contribution in [3.63, 3.8) is 0 Å². The van der Waals surface area contributed by atoms with Gasteiger partial charge in [-0.05, 0) is 61.0 Å². The van der Waals surface area contributed by atoms with Crippen molar-refractivity contribution in [1.29, 1.82) is 0 Å². The number of nitrogens with zero attached hydrogens (tertiary/aromatic N) is 2. The van der Waals surface area contributed by atoms with Crippen molar-refractivity contribution in [1.82, 2.24) is 9.38 Å². The number of anilines is 1. The maximum Gasteiger partial charge on any atom is 0.256 e. The Bertz CT molecular complexity index is 1200. The van der Waals surface area contributed by atoms with Crippen LogP contribution in [-0.4, -0.2) is 22.4 Å². The van der Waals surface area contributed by atoms with Gasteiger partial charge in [0.1, 0.15) is 22.9 Å². The van der Waals surface area contributed by atoms with E-state index in [0.717, 1.165) is 22.5 Å². The monoisotopic (exact) mass is 425 g/mol. The fraction of sp³-hybridized carbons (Fsp3) is 0.0909. The summed E-state index contributed by atoms with van der Waals surface area (Å²) >= 11 is 12.1. The minimum atomic E-state index is -0.326. The number of imidazole rings is 1. The molecule has 0 saturated heterocycles. The first kappa shape index (κ1) is 19.3. The highest BCUT2D eigenvalue weighted by Crippen LogP contribution is 2.31. The summed E-state index contributed by atoms with van der Waals surface area (Å²) in [4.78, 5) is 17.7. The van der Waals surface area contributed by atoms with Crippen molar-refractivity contribution in [3.8, 4) is 17.0 Å². The highest BCUT2D eigenvalue weighted by atomic mass is 35.5. The quantitative estimate of drug-likeness (QED) is 0.444. The number of hydrogen-bond donors (Lipinski definition) is 1. The molecule has 2 heterocycles. The van der Waals surface area contributed by atoms with Crippen LogP contribution in [0.25, 0.3) is 16.9 Å². The number of halogens is 2. The van der Waals surface area contributed by atoms with Gasteiger partial charge in [0, 0.05) is 27.4 Å². The molecule has 0 radical (unpaired) electrons. The summed E-state index contributed by atoms with van der Waals surface area (Å²) in [5, 5.41) is 3.76. The summed E-state index contributed by atoms with van der Waals surface area (Å²) < 4.78 is 7.09. The van der Waals surface area contributed by atoms with Crippen LogP contribution in [0.5, 0.6) is 5.75 Å². The summed E-state index contributed by atoms with van der Waals surface area (Å²) in [5.41, 5.74) is 3.63. The topological polar surface area (TPSA) is 55.6 Å². The lowest BCUT2D eigenvalue weighted by Crippen LogP contribution is -2.14. The molecule has 0 bridgehead atoms. The SMILES string of the molecule is COc1ccc(-c2nc3ccc(C)cn3c2NC(=O)c2cc(Cl)cc(Cl)c2)cc1. The Hall–Kier alpha value is -3.02. The number of aromatic nitrogens is 2. The van der Waals surface area contributed by atoms with Crippen LogP contribution in [0, 0.1) is 6.92 Å². The minimum Gasteiger partial charge on any atom is -0.497 e. The predicted octanol–water partition coefficient (Wildman–Crippen LogP) is 5.88. The van der Waals surface area contributed by atoms with Crippen molar-refractivity contribution < 1.29 is 9.53 Å². The number of aryl methyl sites for hydroxylation is 1. The van der Waals surface area contributed by atoms with Crippen LogP contribution < -0.4 is 10.1 Å². The van der Waals surface area contributed by atoms with E-state index < -0.39 is 0 Å². The number of ether oxygens (including phenoxy) is 1. The molecule has 0 spiro atoms. The van der Waals surface area contributed by atoms with Gasteiger partial charge in [0.2, 0.25) is 0 Å². The Kier molecular flexibility index (Phi) is 5.18. The van der Waals surface area contributed by atoms with E-state index in [4.69, 9.17) is 32.9 Å². The zero-order valence-corrected chi connectivity index (χ0v) is 17.3. The fourth-order valence-corrected chi connectivity index (χ4v) is 3.61. The number of amides is 1. The molecule has 146 valence electrons. The summed E-state index contributed by atoms with van der Waals surface area (Å²) in [6.07, 6.45) is 1.93. The molecule has 2 aromatic carbocycles. The molecule has 1 N–H and O–H groups in total. The second kappa shape index (κ2) is 7.78. The average molecular weight is 426 g/mol. The number of hydrogen-bond acceptors (Lipinski definition) is 3. The van der Waals surface area contributed by atoms with Crippen LogP contribution >= 0.6 is 23.2 Å². The van der Waals surface area contributed by atoms with Gasteiger partial charge in [0.05, 0.1) is 7.11 Å². The molecule has 2 aromatic heterocycles. The normalized spacial score (nSPS) is 10.9. The lowest BCUT2D eigenvalue weighted by Gasteiger charge is -2.09. The van der Waals surface area contributed by atoms with Gasteiger partial charge in [0.25, 0.3) is 5.91 Å². The van der Waals surface area contributed by atoms with Gasteiger partial charge in [-0.2, -0.15) is 0 Å². The number of benzene rings is 2. The highest BCUT2D eigenvalue weighted by molar-refractivity contribution is 6.35.